The molecule has 1 N–H and O–H groups in total. The van der Waals surface area contributed by atoms with Crippen LogP contribution in [0.3, 0.4) is 0 Å². The molecule has 1 heterocycles. The van der Waals surface area contributed by atoms with Gasteiger partial charge in [-0.15, -0.1) is 0 Å². The molecule has 0 saturated carbocycles. The van der Waals surface area contributed by atoms with Crippen LogP contribution in [0.2, 0.25) is 0 Å². The highest BCUT2D eigenvalue weighted by Gasteiger charge is 2.21. The van der Waals surface area contributed by atoms with Crippen LogP contribution in [0.25, 0.3) is 0 Å². The molecular weight excluding hydrogens is 356 g/mol. The summed E-state index contributed by atoms with van der Waals surface area (Å²) in [5.74, 6) is 0.517. The second-order valence-corrected chi connectivity index (χ2v) is 7.03. The largest absolute Gasteiger partial charge is 0.482 e. The number of hydrogen-bond acceptors (Lipinski definition) is 5. The lowest BCUT2D eigenvalue weighted by Gasteiger charge is -2.30. The fraction of sp³-hybridized carbons (Fsp3) is 0.364. The zero-order valence-corrected chi connectivity index (χ0v) is 16.1. The number of rotatable bonds is 7. The molecule has 1 saturated heterocycles. The van der Waals surface area contributed by atoms with Crippen LogP contribution in [0.15, 0.2) is 54.6 Å². The van der Waals surface area contributed by atoms with Crippen LogP contribution in [0.5, 0.6) is 5.75 Å². The third-order valence-corrected chi connectivity index (χ3v) is 4.77. The second-order valence-electron chi connectivity index (χ2n) is 7.03. The first kappa shape index (κ1) is 19.7. The molecule has 0 spiro atoms. The van der Waals surface area contributed by atoms with E-state index in [1.807, 2.05) is 42.5 Å². The number of esters is 1. The van der Waals surface area contributed by atoms with E-state index in [0.29, 0.717) is 11.7 Å². The van der Waals surface area contributed by atoms with E-state index in [1.165, 1.54) is 0 Å². The van der Waals surface area contributed by atoms with E-state index in [1.54, 1.807) is 17.0 Å². The third kappa shape index (κ3) is 6.01. The van der Waals surface area contributed by atoms with Gasteiger partial charge in [-0.3, -0.25) is 4.79 Å². The standard InChI is InChI=1S/C22H26N2O4/c1-17-11-13-24(14-12-17)21(25)15-28-22(26)16-27-20-9-7-19(8-10-20)23-18-5-3-2-4-6-18/h2-10,17,23H,11-16H2,1H3. The molecule has 3 rings (SSSR count). The van der Waals surface area contributed by atoms with Gasteiger partial charge in [0, 0.05) is 24.5 Å². The van der Waals surface area contributed by atoms with Gasteiger partial charge in [-0.2, -0.15) is 0 Å². The lowest BCUT2D eigenvalue weighted by molar-refractivity contribution is -0.154. The summed E-state index contributed by atoms with van der Waals surface area (Å²) in [5.41, 5.74) is 1.91. The Bertz CT molecular complexity index is 769. The summed E-state index contributed by atoms with van der Waals surface area (Å²) in [4.78, 5) is 25.7. The van der Waals surface area contributed by atoms with E-state index < -0.39 is 5.97 Å². The molecule has 1 aliphatic heterocycles. The Labute approximate surface area is 165 Å². The normalized spacial score (nSPS) is 14.4. The maximum atomic E-state index is 12.1. The summed E-state index contributed by atoms with van der Waals surface area (Å²) < 4.78 is 10.5. The van der Waals surface area contributed by atoms with Crippen LogP contribution in [0.4, 0.5) is 11.4 Å². The number of carbonyl (C=O) groups excluding carboxylic acids is 2. The lowest BCUT2D eigenvalue weighted by atomic mass is 9.99. The summed E-state index contributed by atoms with van der Waals surface area (Å²) >= 11 is 0. The van der Waals surface area contributed by atoms with Crippen molar-refractivity contribution in [1.82, 2.24) is 4.90 Å². The maximum absolute atomic E-state index is 12.1. The van der Waals surface area contributed by atoms with Gasteiger partial charge in [0.25, 0.3) is 5.91 Å². The summed E-state index contributed by atoms with van der Waals surface area (Å²) in [6.07, 6.45) is 2.00. The Kier molecular flexibility index (Phi) is 6.89. The molecule has 0 atom stereocenters. The minimum atomic E-state index is -0.551. The number of benzene rings is 2. The van der Waals surface area contributed by atoms with E-state index in [4.69, 9.17) is 9.47 Å². The minimum absolute atomic E-state index is 0.142. The number of ether oxygens (including phenoxy) is 2. The average molecular weight is 382 g/mol. The Morgan fingerprint density at radius 1 is 0.964 bits per heavy atom. The summed E-state index contributed by atoms with van der Waals surface area (Å²) in [7, 11) is 0. The van der Waals surface area contributed by atoms with Gasteiger partial charge in [-0.25, -0.2) is 4.79 Å². The molecule has 2 aromatic carbocycles. The van der Waals surface area contributed by atoms with Crippen molar-refractivity contribution in [2.75, 3.05) is 31.6 Å². The Balaban J connectivity index is 1.37. The predicted molar refractivity (Wildman–Crippen MR) is 108 cm³/mol. The number of likely N-dealkylation sites (tertiary alicyclic amines) is 1. The SMILES string of the molecule is CC1CCN(C(=O)COC(=O)COc2ccc(Nc3ccccc3)cc2)CC1. The first-order valence-corrected chi connectivity index (χ1v) is 9.58. The Morgan fingerprint density at radius 2 is 1.61 bits per heavy atom. The zero-order chi connectivity index (χ0) is 19.8. The van der Waals surface area contributed by atoms with Crippen LogP contribution in [0.1, 0.15) is 19.8 Å². The van der Waals surface area contributed by atoms with Crippen molar-refractivity contribution in [1.29, 1.82) is 0 Å². The fourth-order valence-electron chi connectivity index (χ4n) is 3.00. The van der Waals surface area contributed by atoms with Crippen LogP contribution >= 0.6 is 0 Å². The molecule has 0 unspecified atom stereocenters. The molecule has 148 valence electrons. The molecule has 6 nitrogen and oxygen atoms in total. The smallest absolute Gasteiger partial charge is 0.344 e. The van der Waals surface area contributed by atoms with Crippen molar-refractivity contribution in [3.63, 3.8) is 0 Å². The maximum Gasteiger partial charge on any atom is 0.344 e. The predicted octanol–water partition coefficient (Wildman–Crippen LogP) is 3.61. The van der Waals surface area contributed by atoms with Crippen molar-refractivity contribution in [2.45, 2.75) is 19.8 Å². The van der Waals surface area contributed by atoms with Crippen molar-refractivity contribution < 1.29 is 19.1 Å². The van der Waals surface area contributed by atoms with Crippen LogP contribution in [-0.2, 0) is 14.3 Å². The van der Waals surface area contributed by atoms with Gasteiger partial charge in [0.1, 0.15) is 5.75 Å². The van der Waals surface area contributed by atoms with Crippen LogP contribution in [0, 0.1) is 5.92 Å². The molecule has 1 fully saturated rings. The molecule has 28 heavy (non-hydrogen) atoms. The summed E-state index contributed by atoms with van der Waals surface area (Å²) in [6.45, 7) is 3.20. The lowest BCUT2D eigenvalue weighted by Crippen LogP contribution is -2.40. The molecule has 0 aliphatic carbocycles. The van der Waals surface area contributed by atoms with Crippen molar-refractivity contribution in [3.05, 3.63) is 54.6 Å². The van der Waals surface area contributed by atoms with E-state index in [2.05, 4.69) is 12.2 Å². The average Bonchev–Trinajstić information content (AvgIpc) is 2.73. The molecule has 1 aliphatic rings. The van der Waals surface area contributed by atoms with Gasteiger partial charge >= 0.3 is 5.97 Å². The fourth-order valence-corrected chi connectivity index (χ4v) is 3.00. The molecule has 1 amide bonds. The molecule has 0 aromatic heterocycles. The third-order valence-electron chi connectivity index (χ3n) is 4.77. The molecule has 2 aromatic rings. The number of amides is 1. The van der Waals surface area contributed by atoms with E-state index in [9.17, 15) is 9.59 Å². The molecular formula is C22H26N2O4. The topological polar surface area (TPSA) is 67.9 Å². The van der Waals surface area contributed by atoms with Crippen molar-refractivity contribution in [3.8, 4) is 5.75 Å². The van der Waals surface area contributed by atoms with Gasteiger partial charge in [-0.1, -0.05) is 25.1 Å². The van der Waals surface area contributed by atoms with Crippen LogP contribution < -0.4 is 10.1 Å². The first-order chi connectivity index (χ1) is 13.6. The van der Waals surface area contributed by atoms with Gasteiger partial charge in [-0.05, 0) is 55.2 Å². The van der Waals surface area contributed by atoms with Crippen molar-refractivity contribution >= 4 is 23.3 Å². The van der Waals surface area contributed by atoms with E-state index in [0.717, 1.165) is 37.3 Å². The van der Waals surface area contributed by atoms with Gasteiger partial charge in [0.2, 0.25) is 0 Å². The van der Waals surface area contributed by atoms with Gasteiger partial charge in [0.15, 0.2) is 13.2 Å². The number of piperidine rings is 1. The number of hydrogen-bond donors (Lipinski definition) is 1. The minimum Gasteiger partial charge on any atom is -0.482 e. The highest BCUT2D eigenvalue weighted by atomic mass is 16.6. The molecule has 0 radical (unpaired) electrons. The first-order valence-electron chi connectivity index (χ1n) is 9.58. The highest BCUT2D eigenvalue weighted by molar-refractivity contribution is 5.81. The number of nitrogens with one attached hydrogen (secondary N) is 1. The van der Waals surface area contributed by atoms with Crippen LogP contribution in [-0.4, -0.2) is 43.1 Å². The summed E-state index contributed by atoms with van der Waals surface area (Å²) in [6, 6.07) is 17.1. The van der Waals surface area contributed by atoms with Gasteiger partial charge in [0.05, 0.1) is 0 Å². The zero-order valence-electron chi connectivity index (χ0n) is 16.1. The Morgan fingerprint density at radius 3 is 2.29 bits per heavy atom. The monoisotopic (exact) mass is 382 g/mol. The molecule has 6 heteroatoms. The number of nitrogens with zero attached hydrogens (tertiary/aromatic N) is 1. The van der Waals surface area contributed by atoms with Crippen molar-refractivity contribution in [2.24, 2.45) is 5.92 Å². The second kappa shape index (κ2) is 9.78. The van der Waals surface area contributed by atoms with E-state index in [-0.39, 0.29) is 19.1 Å². The Hall–Kier alpha value is -3.02. The number of carbonyl (C=O) groups is 2. The molecule has 0 bridgehead atoms. The van der Waals surface area contributed by atoms with Gasteiger partial charge < -0.3 is 19.7 Å². The van der Waals surface area contributed by atoms with E-state index >= 15 is 0 Å². The highest BCUT2D eigenvalue weighted by Crippen LogP contribution is 2.20. The number of para-hydroxylation sites is 1. The quantitative estimate of drug-likeness (QED) is 0.741. The summed E-state index contributed by atoms with van der Waals surface area (Å²) in [5, 5.41) is 3.27. The number of anilines is 2.